The fourth-order valence-electron chi connectivity index (χ4n) is 3.34. The molecule has 0 saturated heterocycles. The van der Waals surface area contributed by atoms with Crippen LogP contribution in [0.3, 0.4) is 0 Å². The fourth-order valence-corrected chi connectivity index (χ4v) is 3.34. The number of hydrogen-bond donors (Lipinski definition) is 2. The second kappa shape index (κ2) is 16.5. The van der Waals surface area contributed by atoms with Gasteiger partial charge in [-0.3, -0.25) is 4.79 Å². The first kappa shape index (κ1) is 25.7. The Kier molecular flexibility index (Phi) is 14.1. The average molecular weight is 419 g/mol. The Bertz CT molecular complexity index is 765. The lowest BCUT2D eigenvalue weighted by atomic mass is 10.0. The molecule has 2 aromatic rings. The van der Waals surface area contributed by atoms with Crippen LogP contribution in [0.4, 0.5) is 0 Å². The molecule has 2 rings (SSSR count). The number of carbonyl (C=O) groups is 1. The van der Waals surface area contributed by atoms with Crippen LogP contribution in [0, 0.1) is 0 Å². The molecular formula is C25H38O5. The Labute approximate surface area is 180 Å². The summed E-state index contributed by atoms with van der Waals surface area (Å²) in [6.45, 7) is 2.26. The fraction of sp³-hybridized carbons (Fsp3) is 0.600. The largest absolute Gasteiger partial charge is 0.508 e. The van der Waals surface area contributed by atoms with E-state index in [2.05, 4.69) is 6.92 Å². The van der Waals surface area contributed by atoms with Crippen molar-refractivity contribution in [1.82, 2.24) is 0 Å². The molecule has 0 saturated carbocycles. The van der Waals surface area contributed by atoms with E-state index in [4.69, 9.17) is 14.6 Å². The number of phenolic OH excluding ortho intramolecular Hbond substituents is 1. The van der Waals surface area contributed by atoms with E-state index in [1.165, 1.54) is 82.8 Å². The lowest BCUT2D eigenvalue weighted by Gasteiger charge is -2.02. The second-order valence-corrected chi connectivity index (χ2v) is 7.86. The van der Waals surface area contributed by atoms with Gasteiger partial charge in [-0.25, -0.2) is 4.79 Å². The molecule has 2 N–H and O–H groups in total. The summed E-state index contributed by atoms with van der Waals surface area (Å²) in [6, 6.07) is 7.65. The van der Waals surface area contributed by atoms with Crippen LogP contribution >= 0.6 is 0 Å². The van der Waals surface area contributed by atoms with Crippen LogP contribution in [0.25, 0.3) is 11.0 Å². The third-order valence-electron chi connectivity index (χ3n) is 5.10. The summed E-state index contributed by atoms with van der Waals surface area (Å²) in [6.07, 6.45) is 17.3. The van der Waals surface area contributed by atoms with Gasteiger partial charge in [-0.05, 0) is 24.6 Å². The molecule has 1 aromatic heterocycles. The van der Waals surface area contributed by atoms with Gasteiger partial charge in [0.25, 0.3) is 0 Å². The van der Waals surface area contributed by atoms with Crippen LogP contribution in [0.5, 0.6) is 5.75 Å². The molecule has 0 unspecified atom stereocenters. The van der Waals surface area contributed by atoms with E-state index in [0.29, 0.717) is 12.0 Å². The number of aromatic hydroxyl groups is 1. The highest BCUT2D eigenvalue weighted by Gasteiger charge is 1.97. The molecule has 0 amide bonds. The lowest BCUT2D eigenvalue weighted by Crippen LogP contribution is -1.93. The Morgan fingerprint density at radius 3 is 1.83 bits per heavy atom. The Hall–Kier alpha value is -2.30. The molecule has 1 aromatic carbocycles. The predicted octanol–water partition coefficient (Wildman–Crippen LogP) is 7.05. The van der Waals surface area contributed by atoms with Crippen LogP contribution < -0.4 is 5.63 Å². The monoisotopic (exact) mass is 418 g/mol. The van der Waals surface area contributed by atoms with E-state index in [0.717, 1.165) is 18.2 Å². The van der Waals surface area contributed by atoms with Crippen LogP contribution in [-0.4, -0.2) is 16.2 Å². The van der Waals surface area contributed by atoms with E-state index in [1.807, 2.05) is 0 Å². The molecule has 0 spiro atoms. The smallest absolute Gasteiger partial charge is 0.336 e. The van der Waals surface area contributed by atoms with Gasteiger partial charge < -0.3 is 14.6 Å². The molecular weight excluding hydrogens is 380 g/mol. The van der Waals surface area contributed by atoms with Crippen molar-refractivity contribution in [3.8, 4) is 5.75 Å². The Morgan fingerprint density at radius 1 is 0.800 bits per heavy atom. The third kappa shape index (κ3) is 13.0. The van der Waals surface area contributed by atoms with Crippen molar-refractivity contribution in [3.05, 3.63) is 40.8 Å². The van der Waals surface area contributed by atoms with Crippen molar-refractivity contribution in [1.29, 1.82) is 0 Å². The first-order valence-corrected chi connectivity index (χ1v) is 11.5. The summed E-state index contributed by atoms with van der Waals surface area (Å²) in [5, 5.41) is 18.3. The maximum atomic E-state index is 10.7. The van der Waals surface area contributed by atoms with E-state index >= 15 is 0 Å². The number of carboxylic acids is 1. The summed E-state index contributed by atoms with van der Waals surface area (Å²) >= 11 is 0. The van der Waals surface area contributed by atoms with Gasteiger partial charge in [0.1, 0.15) is 11.3 Å². The zero-order valence-electron chi connectivity index (χ0n) is 18.4. The molecule has 0 fully saturated rings. The minimum absolute atomic E-state index is 0.0943. The van der Waals surface area contributed by atoms with Crippen molar-refractivity contribution in [3.63, 3.8) is 0 Å². The summed E-state index contributed by atoms with van der Waals surface area (Å²) in [5.74, 6) is -0.560. The minimum atomic E-state index is -0.655. The Balaban J connectivity index is 0.000000321. The molecule has 5 nitrogen and oxygen atoms in total. The first-order chi connectivity index (χ1) is 14.5. The first-order valence-electron chi connectivity index (χ1n) is 11.5. The number of rotatable bonds is 14. The van der Waals surface area contributed by atoms with Gasteiger partial charge in [-0.15, -0.1) is 0 Å². The zero-order chi connectivity index (χ0) is 22.0. The van der Waals surface area contributed by atoms with Crippen LogP contribution in [0.15, 0.2) is 39.5 Å². The van der Waals surface area contributed by atoms with E-state index in [1.54, 1.807) is 18.2 Å². The second-order valence-electron chi connectivity index (χ2n) is 7.86. The molecule has 1 heterocycles. The number of carboxylic acid groups (broad SMARTS) is 1. The van der Waals surface area contributed by atoms with Gasteiger partial charge >= 0.3 is 11.6 Å². The molecule has 0 aliphatic heterocycles. The minimum Gasteiger partial charge on any atom is -0.508 e. The van der Waals surface area contributed by atoms with Crippen LogP contribution in [-0.2, 0) is 4.79 Å². The number of fused-ring (bicyclic) bond motifs is 1. The number of benzene rings is 1. The SMILES string of the molecule is CCCCCCCCCCCCCCCC(=O)O.O=c1ccc2ccc(O)cc2o1. The topological polar surface area (TPSA) is 87.7 Å². The van der Waals surface area contributed by atoms with Crippen LogP contribution in [0.2, 0.25) is 0 Å². The van der Waals surface area contributed by atoms with E-state index in [9.17, 15) is 9.59 Å². The van der Waals surface area contributed by atoms with Gasteiger partial charge in [0.15, 0.2) is 0 Å². The summed E-state index contributed by atoms with van der Waals surface area (Å²) in [5.41, 5.74) is -0.00407. The maximum Gasteiger partial charge on any atom is 0.336 e. The molecule has 0 atom stereocenters. The highest BCUT2D eigenvalue weighted by atomic mass is 16.4. The Morgan fingerprint density at radius 2 is 1.30 bits per heavy atom. The molecule has 30 heavy (non-hydrogen) atoms. The zero-order valence-corrected chi connectivity index (χ0v) is 18.4. The third-order valence-corrected chi connectivity index (χ3v) is 5.10. The molecule has 0 aliphatic rings. The molecule has 0 radical (unpaired) electrons. The quantitative estimate of drug-likeness (QED) is 0.253. The average Bonchev–Trinajstić information content (AvgIpc) is 2.71. The van der Waals surface area contributed by atoms with Gasteiger partial charge in [-0.2, -0.15) is 0 Å². The molecule has 5 heteroatoms. The molecule has 168 valence electrons. The maximum absolute atomic E-state index is 10.7. The number of aliphatic carboxylic acids is 1. The number of phenols is 1. The predicted molar refractivity (Wildman–Crippen MR) is 122 cm³/mol. The van der Waals surface area contributed by atoms with Gasteiger partial charge in [-0.1, -0.05) is 84.0 Å². The van der Waals surface area contributed by atoms with Crippen molar-refractivity contribution < 1.29 is 19.4 Å². The van der Waals surface area contributed by atoms with E-state index in [-0.39, 0.29) is 5.75 Å². The lowest BCUT2D eigenvalue weighted by molar-refractivity contribution is -0.137. The van der Waals surface area contributed by atoms with Crippen molar-refractivity contribution in [2.75, 3.05) is 0 Å². The highest BCUT2D eigenvalue weighted by Crippen LogP contribution is 2.17. The summed E-state index contributed by atoms with van der Waals surface area (Å²) in [7, 11) is 0. The molecule has 0 aliphatic carbocycles. The van der Waals surface area contributed by atoms with Crippen molar-refractivity contribution >= 4 is 16.9 Å². The summed E-state index contributed by atoms with van der Waals surface area (Å²) < 4.78 is 4.83. The number of unbranched alkanes of at least 4 members (excludes halogenated alkanes) is 12. The van der Waals surface area contributed by atoms with Gasteiger partial charge in [0.05, 0.1) is 0 Å². The standard InChI is InChI=1S/C16H32O2.C9H6O3/c1-2-3-4-5-6-7-8-9-10-11-12-13-14-15-16(17)18;10-7-3-1-6-2-4-9(11)12-8(6)5-7/h2-15H2,1H3,(H,17,18);1-5,10H. The van der Waals surface area contributed by atoms with Crippen molar-refractivity contribution in [2.45, 2.75) is 96.8 Å². The van der Waals surface area contributed by atoms with Gasteiger partial charge in [0, 0.05) is 23.9 Å². The normalized spacial score (nSPS) is 10.6. The van der Waals surface area contributed by atoms with E-state index < -0.39 is 11.6 Å². The van der Waals surface area contributed by atoms with Gasteiger partial charge in [0.2, 0.25) is 0 Å². The molecule has 0 bridgehead atoms. The highest BCUT2D eigenvalue weighted by molar-refractivity contribution is 5.77. The number of hydrogen-bond acceptors (Lipinski definition) is 4. The van der Waals surface area contributed by atoms with Crippen LogP contribution in [0.1, 0.15) is 96.8 Å². The van der Waals surface area contributed by atoms with Crippen molar-refractivity contribution in [2.24, 2.45) is 0 Å². The summed E-state index contributed by atoms with van der Waals surface area (Å²) in [4.78, 5) is 21.0.